The van der Waals surface area contributed by atoms with E-state index >= 15 is 0 Å². The van der Waals surface area contributed by atoms with Crippen molar-refractivity contribution < 1.29 is 19.4 Å². The van der Waals surface area contributed by atoms with Crippen molar-refractivity contribution >= 4 is 11.9 Å². The summed E-state index contributed by atoms with van der Waals surface area (Å²) in [5, 5.41) is 8.64. The fraction of sp³-hybridized carbons (Fsp3) is 0.760. The van der Waals surface area contributed by atoms with Gasteiger partial charge in [-0.2, -0.15) is 0 Å². The fourth-order valence-electron chi connectivity index (χ4n) is 3.19. The molecule has 0 rings (SSSR count). The van der Waals surface area contributed by atoms with Gasteiger partial charge in [0, 0.05) is 12.8 Å². The molecule has 0 aliphatic heterocycles. The highest BCUT2D eigenvalue weighted by molar-refractivity contribution is 5.69. The first-order valence-electron chi connectivity index (χ1n) is 11.8. The average Bonchev–Trinajstić information content (AvgIpc) is 2.70. The Balaban J connectivity index is 3.89. The van der Waals surface area contributed by atoms with E-state index in [-0.39, 0.29) is 18.5 Å². The van der Waals surface area contributed by atoms with Crippen molar-refractivity contribution in [1.82, 2.24) is 0 Å². The quantitative estimate of drug-likeness (QED) is 0.130. The number of carbonyl (C=O) groups is 2. The van der Waals surface area contributed by atoms with Gasteiger partial charge in [0.25, 0.3) is 0 Å². The number of allylic oxidation sites excluding steroid dienone is 4. The lowest BCUT2D eigenvalue weighted by Gasteiger charge is -2.17. The van der Waals surface area contributed by atoms with E-state index in [1.54, 1.807) is 0 Å². The van der Waals surface area contributed by atoms with Gasteiger partial charge in [0.15, 0.2) is 0 Å². The van der Waals surface area contributed by atoms with Gasteiger partial charge in [-0.3, -0.25) is 9.59 Å². The molecule has 0 bridgehead atoms. The average molecular weight is 409 g/mol. The highest BCUT2D eigenvalue weighted by Gasteiger charge is 2.12. The third kappa shape index (κ3) is 21.0. The highest BCUT2D eigenvalue weighted by Crippen LogP contribution is 2.16. The minimum absolute atomic E-state index is 0.0216. The maximum Gasteiger partial charge on any atom is 0.305 e. The molecule has 4 nitrogen and oxygen atoms in total. The second-order valence-electron chi connectivity index (χ2n) is 7.77. The van der Waals surface area contributed by atoms with Crippen LogP contribution >= 0.6 is 0 Å². The van der Waals surface area contributed by atoms with Crippen molar-refractivity contribution in [2.45, 2.75) is 123 Å². The first-order chi connectivity index (χ1) is 14.1. The molecule has 0 amide bonds. The third-order valence-electron chi connectivity index (χ3n) is 4.98. The second kappa shape index (κ2) is 21.1. The van der Waals surface area contributed by atoms with Crippen LogP contribution in [0.2, 0.25) is 0 Å². The van der Waals surface area contributed by atoms with Gasteiger partial charge in [0.1, 0.15) is 6.10 Å². The molecule has 168 valence electrons. The molecule has 0 aliphatic carbocycles. The molecule has 0 aliphatic rings. The number of aliphatic carboxylic acids is 1. The van der Waals surface area contributed by atoms with Crippen LogP contribution in [0.3, 0.4) is 0 Å². The van der Waals surface area contributed by atoms with Gasteiger partial charge in [-0.25, -0.2) is 0 Å². The van der Waals surface area contributed by atoms with Crippen molar-refractivity contribution in [2.75, 3.05) is 0 Å². The van der Waals surface area contributed by atoms with E-state index in [0.717, 1.165) is 64.2 Å². The molecule has 0 fully saturated rings. The predicted molar refractivity (Wildman–Crippen MR) is 121 cm³/mol. The van der Waals surface area contributed by atoms with Gasteiger partial charge in [0.05, 0.1) is 0 Å². The zero-order valence-corrected chi connectivity index (χ0v) is 18.9. The molecule has 0 spiro atoms. The zero-order valence-electron chi connectivity index (χ0n) is 18.9. The number of hydrogen-bond acceptors (Lipinski definition) is 3. The predicted octanol–water partition coefficient (Wildman–Crippen LogP) is 7.38. The first-order valence-corrected chi connectivity index (χ1v) is 11.8. The summed E-state index contributed by atoms with van der Waals surface area (Å²) in [6.07, 6.45) is 24.5. The van der Waals surface area contributed by atoms with Crippen molar-refractivity contribution in [3.63, 3.8) is 0 Å². The van der Waals surface area contributed by atoms with E-state index in [1.807, 2.05) is 6.92 Å². The summed E-state index contributed by atoms with van der Waals surface area (Å²) in [5.74, 6) is -0.825. The molecule has 0 aromatic carbocycles. The summed E-state index contributed by atoms with van der Waals surface area (Å²) in [4.78, 5) is 22.2. The molecule has 1 atom stereocenters. The molecule has 0 heterocycles. The van der Waals surface area contributed by atoms with Crippen LogP contribution in [0.25, 0.3) is 0 Å². The fourth-order valence-corrected chi connectivity index (χ4v) is 3.19. The number of carbonyl (C=O) groups excluding carboxylic acids is 1. The van der Waals surface area contributed by atoms with Crippen molar-refractivity contribution in [1.29, 1.82) is 0 Å². The Kier molecular flexibility index (Phi) is 20.0. The van der Waals surface area contributed by atoms with Gasteiger partial charge in [-0.15, -0.1) is 0 Å². The third-order valence-corrected chi connectivity index (χ3v) is 4.98. The molecular weight excluding hydrogens is 364 g/mol. The Labute approximate surface area is 178 Å². The van der Waals surface area contributed by atoms with E-state index in [9.17, 15) is 9.59 Å². The second-order valence-corrected chi connectivity index (χ2v) is 7.77. The first kappa shape index (κ1) is 27.4. The van der Waals surface area contributed by atoms with E-state index in [2.05, 4.69) is 31.2 Å². The molecule has 1 N–H and O–H groups in total. The minimum atomic E-state index is -0.714. The Morgan fingerprint density at radius 3 is 2.07 bits per heavy atom. The number of ether oxygens (including phenoxy) is 1. The zero-order chi connectivity index (χ0) is 21.6. The number of carboxylic acids is 1. The van der Waals surface area contributed by atoms with Crippen molar-refractivity contribution in [2.24, 2.45) is 0 Å². The van der Waals surface area contributed by atoms with E-state index < -0.39 is 5.97 Å². The number of carboxylic acid groups (broad SMARTS) is 1. The SMILES string of the molecule is CCCCC/C=C\C/C=C\CCCC(CCCCCCCC(=O)O)OC(=O)CC. The van der Waals surface area contributed by atoms with Crippen LogP contribution in [0.15, 0.2) is 24.3 Å². The number of rotatable bonds is 20. The molecule has 0 aromatic heterocycles. The summed E-state index contributed by atoms with van der Waals surface area (Å²) in [6, 6.07) is 0. The highest BCUT2D eigenvalue weighted by atomic mass is 16.5. The molecule has 0 saturated carbocycles. The van der Waals surface area contributed by atoms with Crippen LogP contribution in [-0.2, 0) is 14.3 Å². The Morgan fingerprint density at radius 1 is 0.793 bits per heavy atom. The lowest BCUT2D eigenvalue weighted by Crippen LogP contribution is -2.17. The largest absolute Gasteiger partial charge is 0.481 e. The maximum absolute atomic E-state index is 11.7. The summed E-state index contributed by atoms with van der Waals surface area (Å²) in [5.41, 5.74) is 0. The van der Waals surface area contributed by atoms with Crippen LogP contribution in [0, 0.1) is 0 Å². The van der Waals surface area contributed by atoms with Gasteiger partial charge in [-0.1, -0.05) is 70.3 Å². The molecule has 29 heavy (non-hydrogen) atoms. The lowest BCUT2D eigenvalue weighted by molar-refractivity contribution is -0.149. The Bertz CT molecular complexity index is 454. The van der Waals surface area contributed by atoms with Gasteiger partial charge in [0.2, 0.25) is 0 Å². The summed E-state index contributed by atoms with van der Waals surface area (Å²) in [7, 11) is 0. The van der Waals surface area contributed by atoms with Crippen molar-refractivity contribution in [3.05, 3.63) is 24.3 Å². The van der Waals surface area contributed by atoms with E-state index in [0.29, 0.717) is 6.42 Å². The number of unbranched alkanes of at least 4 members (excludes halogenated alkanes) is 8. The van der Waals surface area contributed by atoms with Crippen molar-refractivity contribution in [3.8, 4) is 0 Å². The Hall–Kier alpha value is -1.58. The molecule has 0 radical (unpaired) electrons. The topological polar surface area (TPSA) is 63.6 Å². The lowest BCUT2D eigenvalue weighted by atomic mass is 10.0. The van der Waals surface area contributed by atoms with Gasteiger partial charge >= 0.3 is 11.9 Å². The standard InChI is InChI=1S/C25H44O4/c1-3-5-6-7-8-9-10-11-12-14-17-20-23(29-25(28)4-2)21-18-15-13-16-19-22-24(26)27/h8-9,11-12,23H,3-7,10,13-22H2,1-2H3,(H,26,27)/b9-8-,12-11-. The van der Waals surface area contributed by atoms with Crippen LogP contribution in [0.5, 0.6) is 0 Å². The van der Waals surface area contributed by atoms with E-state index in [1.165, 1.54) is 25.7 Å². The summed E-state index contributed by atoms with van der Waals surface area (Å²) >= 11 is 0. The summed E-state index contributed by atoms with van der Waals surface area (Å²) < 4.78 is 5.60. The number of esters is 1. The molecule has 1 unspecified atom stereocenters. The van der Waals surface area contributed by atoms with Crippen LogP contribution in [0.1, 0.15) is 117 Å². The monoisotopic (exact) mass is 408 g/mol. The van der Waals surface area contributed by atoms with Crippen LogP contribution < -0.4 is 0 Å². The summed E-state index contributed by atoms with van der Waals surface area (Å²) in [6.45, 7) is 4.06. The van der Waals surface area contributed by atoms with E-state index in [4.69, 9.17) is 9.84 Å². The van der Waals surface area contributed by atoms with Gasteiger partial charge in [-0.05, 0) is 57.8 Å². The maximum atomic E-state index is 11.7. The van der Waals surface area contributed by atoms with Crippen LogP contribution in [0.4, 0.5) is 0 Å². The molecular formula is C25H44O4. The van der Waals surface area contributed by atoms with Crippen LogP contribution in [-0.4, -0.2) is 23.1 Å². The molecule has 4 heteroatoms. The molecule has 0 aromatic rings. The Morgan fingerprint density at radius 2 is 1.41 bits per heavy atom. The number of hydrogen-bond donors (Lipinski definition) is 1. The molecule has 0 saturated heterocycles. The normalized spacial score (nSPS) is 12.6. The minimum Gasteiger partial charge on any atom is -0.481 e. The smallest absolute Gasteiger partial charge is 0.305 e. The van der Waals surface area contributed by atoms with Gasteiger partial charge < -0.3 is 9.84 Å².